The SMILES string of the molecule is CCCCCC(=O)N1CCN(c2cc(Cl)nc(SCC(=O)N3CCN(Cc4ccccc4)CC3)n2)CC1C. The Kier molecular flexibility index (Phi) is 10.7. The van der Waals surface area contributed by atoms with Crippen LogP contribution in [0.15, 0.2) is 41.6 Å². The van der Waals surface area contributed by atoms with E-state index in [1.807, 2.05) is 15.9 Å². The van der Waals surface area contributed by atoms with Crippen LogP contribution in [0, 0.1) is 0 Å². The van der Waals surface area contributed by atoms with Crippen molar-refractivity contribution >= 4 is 41.0 Å². The lowest BCUT2D eigenvalue weighted by Gasteiger charge is -2.40. The van der Waals surface area contributed by atoms with E-state index in [4.69, 9.17) is 16.6 Å². The van der Waals surface area contributed by atoms with E-state index in [1.165, 1.54) is 17.3 Å². The lowest BCUT2D eigenvalue weighted by Crippen LogP contribution is -2.54. The number of benzene rings is 1. The minimum absolute atomic E-state index is 0.100. The second-order valence-electron chi connectivity index (χ2n) is 10.1. The highest BCUT2D eigenvalue weighted by atomic mass is 35.5. The number of aromatic nitrogens is 2. The molecular weight excluding hydrogens is 520 g/mol. The largest absolute Gasteiger partial charge is 0.353 e. The Labute approximate surface area is 235 Å². The summed E-state index contributed by atoms with van der Waals surface area (Å²) < 4.78 is 0. The van der Waals surface area contributed by atoms with Gasteiger partial charge in [-0.25, -0.2) is 9.97 Å². The predicted octanol–water partition coefficient (Wildman–Crippen LogP) is 4.18. The van der Waals surface area contributed by atoms with Gasteiger partial charge in [0.05, 0.1) is 5.75 Å². The van der Waals surface area contributed by atoms with E-state index >= 15 is 0 Å². The Morgan fingerprint density at radius 2 is 1.76 bits per heavy atom. The van der Waals surface area contributed by atoms with Crippen molar-refractivity contribution in [1.82, 2.24) is 24.7 Å². The third kappa shape index (κ3) is 8.07. The van der Waals surface area contributed by atoms with E-state index in [1.54, 1.807) is 6.07 Å². The molecule has 4 rings (SSSR count). The molecule has 1 atom stereocenters. The van der Waals surface area contributed by atoms with Crippen molar-refractivity contribution in [2.24, 2.45) is 0 Å². The van der Waals surface area contributed by atoms with Crippen LogP contribution in [0.4, 0.5) is 5.82 Å². The Balaban J connectivity index is 1.25. The van der Waals surface area contributed by atoms with Gasteiger partial charge in [-0.15, -0.1) is 0 Å². The molecule has 0 spiro atoms. The fraction of sp³-hybridized carbons (Fsp3) is 0.571. The Morgan fingerprint density at radius 1 is 1.00 bits per heavy atom. The van der Waals surface area contributed by atoms with E-state index in [-0.39, 0.29) is 23.6 Å². The number of halogens is 1. The molecule has 2 aromatic rings. The summed E-state index contributed by atoms with van der Waals surface area (Å²) in [4.78, 5) is 43.1. The van der Waals surface area contributed by atoms with Crippen LogP contribution in [0.1, 0.15) is 45.1 Å². The third-order valence-electron chi connectivity index (χ3n) is 7.23. The number of anilines is 1. The number of thioether (sulfide) groups is 1. The van der Waals surface area contributed by atoms with Crippen LogP contribution in [-0.2, 0) is 16.1 Å². The molecule has 0 aliphatic carbocycles. The monoisotopic (exact) mass is 558 g/mol. The van der Waals surface area contributed by atoms with Crippen LogP contribution in [0.2, 0.25) is 5.15 Å². The molecule has 0 saturated carbocycles. The summed E-state index contributed by atoms with van der Waals surface area (Å²) in [5.74, 6) is 1.37. The predicted molar refractivity (Wildman–Crippen MR) is 154 cm³/mol. The van der Waals surface area contributed by atoms with Gasteiger partial charge in [-0.1, -0.05) is 73.5 Å². The number of hydrogen-bond acceptors (Lipinski definition) is 7. The summed E-state index contributed by atoms with van der Waals surface area (Å²) in [6, 6.07) is 12.3. The van der Waals surface area contributed by atoms with Crippen molar-refractivity contribution in [2.45, 2.75) is 57.3 Å². The van der Waals surface area contributed by atoms with Crippen molar-refractivity contribution < 1.29 is 9.59 Å². The highest BCUT2D eigenvalue weighted by molar-refractivity contribution is 7.99. The molecule has 2 amide bonds. The number of unbranched alkanes of at least 4 members (excludes halogenated alkanes) is 2. The van der Waals surface area contributed by atoms with Crippen LogP contribution >= 0.6 is 23.4 Å². The number of carbonyl (C=O) groups is 2. The fourth-order valence-electron chi connectivity index (χ4n) is 5.03. The van der Waals surface area contributed by atoms with E-state index in [0.29, 0.717) is 36.4 Å². The summed E-state index contributed by atoms with van der Waals surface area (Å²) >= 11 is 7.68. The Hall–Kier alpha value is -2.36. The van der Waals surface area contributed by atoms with Gasteiger partial charge in [0.15, 0.2) is 5.16 Å². The summed E-state index contributed by atoms with van der Waals surface area (Å²) in [7, 11) is 0. The molecule has 0 radical (unpaired) electrons. The maximum Gasteiger partial charge on any atom is 0.233 e. The maximum atomic E-state index is 12.9. The number of amides is 2. The first kappa shape index (κ1) is 28.6. The average molecular weight is 559 g/mol. The van der Waals surface area contributed by atoms with Crippen molar-refractivity contribution in [1.29, 1.82) is 0 Å². The summed E-state index contributed by atoms with van der Waals surface area (Å²) in [5.41, 5.74) is 1.30. The van der Waals surface area contributed by atoms with E-state index in [0.717, 1.165) is 57.8 Å². The molecule has 3 heterocycles. The zero-order chi connectivity index (χ0) is 26.9. The first-order chi connectivity index (χ1) is 18.4. The second kappa shape index (κ2) is 14.1. The molecule has 0 bridgehead atoms. The van der Waals surface area contributed by atoms with Crippen LogP contribution < -0.4 is 4.90 Å². The minimum atomic E-state index is 0.100. The number of hydrogen-bond donors (Lipinski definition) is 0. The number of piperazine rings is 2. The smallest absolute Gasteiger partial charge is 0.233 e. The molecule has 38 heavy (non-hydrogen) atoms. The topological polar surface area (TPSA) is 72.9 Å². The Bertz CT molecular complexity index is 1070. The lowest BCUT2D eigenvalue weighted by molar-refractivity contribution is -0.133. The Morgan fingerprint density at radius 3 is 2.47 bits per heavy atom. The molecule has 8 nitrogen and oxygen atoms in total. The van der Waals surface area contributed by atoms with Gasteiger partial charge in [0.1, 0.15) is 11.0 Å². The lowest BCUT2D eigenvalue weighted by atomic mass is 10.1. The van der Waals surface area contributed by atoms with Gasteiger partial charge in [0, 0.05) is 70.9 Å². The third-order valence-corrected chi connectivity index (χ3v) is 8.25. The summed E-state index contributed by atoms with van der Waals surface area (Å²) in [5, 5.41) is 0.875. The first-order valence-corrected chi connectivity index (χ1v) is 15.0. The van der Waals surface area contributed by atoms with Crippen LogP contribution in [-0.4, -0.2) is 94.1 Å². The number of nitrogens with zero attached hydrogens (tertiary/aromatic N) is 6. The van der Waals surface area contributed by atoms with E-state index in [2.05, 4.69) is 52.9 Å². The fourth-order valence-corrected chi connectivity index (χ4v) is 6.02. The van der Waals surface area contributed by atoms with Crippen molar-refractivity contribution in [3.8, 4) is 0 Å². The van der Waals surface area contributed by atoms with Crippen LogP contribution in [0.5, 0.6) is 0 Å². The van der Waals surface area contributed by atoms with Crippen molar-refractivity contribution in [3.63, 3.8) is 0 Å². The van der Waals surface area contributed by atoms with Gasteiger partial charge < -0.3 is 14.7 Å². The second-order valence-corrected chi connectivity index (χ2v) is 11.4. The zero-order valence-electron chi connectivity index (χ0n) is 22.5. The van der Waals surface area contributed by atoms with Gasteiger partial charge in [-0.05, 0) is 18.9 Å². The highest BCUT2D eigenvalue weighted by Gasteiger charge is 2.28. The summed E-state index contributed by atoms with van der Waals surface area (Å²) in [6.45, 7) is 10.4. The average Bonchev–Trinajstić information content (AvgIpc) is 2.92. The zero-order valence-corrected chi connectivity index (χ0v) is 24.1. The van der Waals surface area contributed by atoms with Gasteiger partial charge in [0.2, 0.25) is 11.8 Å². The molecule has 0 N–H and O–H groups in total. The maximum absolute atomic E-state index is 12.9. The molecule has 1 aromatic heterocycles. The van der Waals surface area contributed by atoms with Crippen molar-refractivity contribution in [3.05, 3.63) is 47.1 Å². The molecule has 10 heteroatoms. The minimum Gasteiger partial charge on any atom is -0.353 e. The van der Waals surface area contributed by atoms with Gasteiger partial charge in [-0.2, -0.15) is 0 Å². The molecule has 2 aliphatic heterocycles. The highest BCUT2D eigenvalue weighted by Crippen LogP contribution is 2.25. The molecule has 2 fully saturated rings. The molecule has 2 saturated heterocycles. The normalized spacial score (nSPS) is 18.6. The van der Waals surface area contributed by atoms with Crippen molar-refractivity contribution in [2.75, 3.05) is 56.5 Å². The quantitative estimate of drug-likeness (QED) is 0.187. The number of carbonyl (C=O) groups excluding carboxylic acids is 2. The van der Waals surface area contributed by atoms with Crippen LogP contribution in [0.25, 0.3) is 0 Å². The van der Waals surface area contributed by atoms with Gasteiger partial charge in [-0.3, -0.25) is 14.5 Å². The molecule has 1 unspecified atom stereocenters. The summed E-state index contributed by atoms with van der Waals surface area (Å²) in [6.07, 6.45) is 3.77. The van der Waals surface area contributed by atoms with Crippen LogP contribution in [0.3, 0.4) is 0 Å². The molecule has 2 aliphatic rings. The van der Waals surface area contributed by atoms with E-state index < -0.39 is 0 Å². The number of rotatable bonds is 10. The molecule has 1 aromatic carbocycles. The first-order valence-electron chi connectivity index (χ1n) is 13.7. The van der Waals surface area contributed by atoms with Gasteiger partial charge >= 0.3 is 0 Å². The molecular formula is C28H39ClN6O2S. The van der Waals surface area contributed by atoms with E-state index in [9.17, 15) is 9.59 Å². The van der Waals surface area contributed by atoms with Gasteiger partial charge in [0.25, 0.3) is 0 Å². The standard InChI is InChI=1S/C28H39ClN6O2S/c1-3-4-6-11-26(36)35-17-16-34(19-22(35)2)25-18-24(29)30-28(31-25)38-21-27(37)33-14-12-32(13-15-33)20-23-9-7-5-8-10-23/h5,7-10,18,22H,3-4,6,11-17,19-21H2,1-2H3. The molecule has 206 valence electrons.